The molecule has 100 valence electrons. The van der Waals surface area contributed by atoms with E-state index in [1.807, 2.05) is 0 Å². The highest BCUT2D eigenvalue weighted by Gasteiger charge is 2.39. The van der Waals surface area contributed by atoms with Gasteiger partial charge in [0, 0.05) is 12.0 Å². The second-order valence-electron chi connectivity index (χ2n) is 4.97. The molecule has 0 saturated heterocycles. The summed E-state index contributed by atoms with van der Waals surface area (Å²) in [6, 6.07) is 0. The van der Waals surface area contributed by atoms with Gasteiger partial charge in [0.1, 0.15) is 11.7 Å². The minimum absolute atomic E-state index is 0.0887. The van der Waals surface area contributed by atoms with Gasteiger partial charge in [-0.1, -0.05) is 13.5 Å². The van der Waals surface area contributed by atoms with E-state index in [-0.39, 0.29) is 12.0 Å². The van der Waals surface area contributed by atoms with E-state index in [0.717, 1.165) is 0 Å². The Morgan fingerprint density at radius 1 is 1.41 bits per heavy atom. The van der Waals surface area contributed by atoms with Crippen molar-refractivity contribution in [3.8, 4) is 0 Å². The lowest BCUT2D eigenvalue weighted by Crippen LogP contribution is -2.35. The van der Waals surface area contributed by atoms with Crippen LogP contribution in [-0.4, -0.2) is 28.7 Å². The molecule has 1 atom stereocenters. The molecule has 0 heterocycles. The van der Waals surface area contributed by atoms with Gasteiger partial charge in [0.2, 0.25) is 0 Å². The highest BCUT2D eigenvalue weighted by atomic mass is 19.3. The van der Waals surface area contributed by atoms with Gasteiger partial charge in [0.05, 0.1) is 0 Å². The molecule has 0 amide bonds. The van der Waals surface area contributed by atoms with Crippen molar-refractivity contribution < 1.29 is 23.4 Å². The molecule has 0 bridgehead atoms. The van der Waals surface area contributed by atoms with Crippen LogP contribution in [0.5, 0.6) is 0 Å². The fourth-order valence-corrected chi connectivity index (χ4v) is 1.12. The number of carbonyl (C=O) groups is 1. The largest absolute Gasteiger partial charge is 0.457 e. The molecule has 5 heteroatoms. The Bertz CT molecular complexity index is 293. The smallest absolute Gasteiger partial charge is 0.334 e. The lowest BCUT2D eigenvalue weighted by Gasteiger charge is -2.24. The summed E-state index contributed by atoms with van der Waals surface area (Å²) in [4.78, 5) is 11.4. The van der Waals surface area contributed by atoms with Crippen molar-refractivity contribution in [3.05, 3.63) is 12.2 Å². The second kappa shape index (κ2) is 5.58. The van der Waals surface area contributed by atoms with E-state index >= 15 is 0 Å². The van der Waals surface area contributed by atoms with Crippen molar-refractivity contribution in [2.75, 3.05) is 0 Å². The molecule has 0 aliphatic carbocycles. The number of esters is 1. The summed E-state index contributed by atoms with van der Waals surface area (Å²) in [6.45, 7) is 9.62. The van der Waals surface area contributed by atoms with Gasteiger partial charge in [-0.15, -0.1) is 0 Å². The molecule has 17 heavy (non-hydrogen) atoms. The van der Waals surface area contributed by atoms with Gasteiger partial charge in [-0.25, -0.2) is 13.6 Å². The van der Waals surface area contributed by atoms with Crippen molar-refractivity contribution in [1.82, 2.24) is 0 Å². The van der Waals surface area contributed by atoms with E-state index in [9.17, 15) is 13.6 Å². The van der Waals surface area contributed by atoms with Crippen LogP contribution in [0.1, 0.15) is 40.5 Å². The number of ether oxygens (including phenoxy) is 1. The highest BCUT2D eigenvalue weighted by molar-refractivity contribution is 5.88. The van der Waals surface area contributed by atoms with Gasteiger partial charge in [0.25, 0.3) is 5.92 Å². The SMILES string of the molecule is C=C(CC(F)(F)C(O)CC)C(=O)OC(C)(C)C. The lowest BCUT2D eigenvalue weighted by atomic mass is 10.0. The summed E-state index contributed by atoms with van der Waals surface area (Å²) < 4.78 is 31.6. The molecule has 0 fully saturated rings. The Hall–Kier alpha value is -0.970. The maximum atomic E-state index is 13.3. The van der Waals surface area contributed by atoms with E-state index in [1.165, 1.54) is 6.92 Å². The Kier molecular flexibility index (Phi) is 5.26. The van der Waals surface area contributed by atoms with Crippen LogP contribution in [0.25, 0.3) is 0 Å². The molecule has 0 aromatic heterocycles. The topological polar surface area (TPSA) is 46.5 Å². The van der Waals surface area contributed by atoms with Gasteiger partial charge < -0.3 is 9.84 Å². The number of aliphatic hydroxyl groups is 1. The molecule has 0 aliphatic heterocycles. The fourth-order valence-electron chi connectivity index (χ4n) is 1.12. The molecule has 0 aromatic rings. The molecule has 3 nitrogen and oxygen atoms in total. The van der Waals surface area contributed by atoms with Gasteiger partial charge >= 0.3 is 5.97 Å². The van der Waals surface area contributed by atoms with Crippen LogP contribution in [0, 0.1) is 0 Å². The molecular formula is C12H20F2O3. The summed E-state index contributed by atoms with van der Waals surface area (Å²) >= 11 is 0. The normalized spacial score (nSPS) is 14.3. The number of rotatable bonds is 5. The van der Waals surface area contributed by atoms with Gasteiger partial charge in [-0.3, -0.25) is 0 Å². The van der Waals surface area contributed by atoms with E-state index in [0.29, 0.717) is 0 Å². The van der Waals surface area contributed by atoms with Gasteiger partial charge in [-0.2, -0.15) is 0 Å². The number of aliphatic hydroxyl groups excluding tert-OH is 1. The third-order valence-corrected chi connectivity index (χ3v) is 2.01. The van der Waals surface area contributed by atoms with Crippen LogP contribution in [-0.2, 0) is 9.53 Å². The van der Waals surface area contributed by atoms with E-state index in [1.54, 1.807) is 20.8 Å². The first-order chi connectivity index (χ1) is 7.49. The van der Waals surface area contributed by atoms with Crippen LogP contribution >= 0.6 is 0 Å². The Morgan fingerprint density at radius 3 is 2.24 bits per heavy atom. The zero-order valence-corrected chi connectivity index (χ0v) is 10.7. The maximum Gasteiger partial charge on any atom is 0.334 e. The zero-order chi connectivity index (χ0) is 13.9. The van der Waals surface area contributed by atoms with Crippen molar-refractivity contribution >= 4 is 5.97 Å². The summed E-state index contributed by atoms with van der Waals surface area (Å²) in [5, 5.41) is 9.11. The quantitative estimate of drug-likeness (QED) is 0.602. The summed E-state index contributed by atoms with van der Waals surface area (Å²) in [5.41, 5.74) is -1.09. The molecule has 0 aliphatic rings. The highest BCUT2D eigenvalue weighted by Crippen LogP contribution is 2.29. The molecule has 0 aromatic carbocycles. The van der Waals surface area contributed by atoms with Crippen LogP contribution in [0.15, 0.2) is 12.2 Å². The molecular weight excluding hydrogens is 230 g/mol. The Morgan fingerprint density at radius 2 is 1.88 bits per heavy atom. The Labute approximate surface area is 100 Å². The van der Waals surface area contributed by atoms with E-state index < -0.39 is 30.0 Å². The second-order valence-corrected chi connectivity index (χ2v) is 4.97. The molecule has 0 spiro atoms. The number of hydrogen-bond donors (Lipinski definition) is 1. The number of alkyl halides is 2. The third kappa shape index (κ3) is 5.77. The maximum absolute atomic E-state index is 13.3. The van der Waals surface area contributed by atoms with Crippen molar-refractivity contribution in [2.45, 2.75) is 58.2 Å². The van der Waals surface area contributed by atoms with Crippen LogP contribution in [0.4, 0.5) is 8.78 Å². The zero-order valence-electron chi connectivity index (χ0n) is 10.7. The number of hydrogen-bond acceptors (Lipinski definition) is 3. The predicted molar refractivity (Wildman–Crippen MR) is 60.8 cm³/mol. The van der Waals surface area contributed by atoms with Gasteiger partial charge in [0.15, 0.2) is 0 Å². The first-order valence-corrected chi connectivity index (χ1v) is 5.46. The first kappa shape index (κ1) is 16.0. The standard InChI is InChI=1S/C12H20F2O3/c1-6-9(15)12(13,14)7-8(2)10(16)17-11(3,4)5/h9,15H,2,6-7H2,1,3-5H3. The average Bonchev–Trinajstić information content (AvgIpc) is 2.12. The summed E-state index contributed by atoms with van der Waals surface area (Å²) in [6.07, 6.45) is -2.76. The van der Waals surface area contributed by atoms with Crippen molar-refractivity contribution in [1.29, 1.82) is 0 Å². The predicted octanol–water partition coefficient (Wildman–Crippen LogP) is 2.68. The first-order valence-electron chi connectivity index (χ1n) is 5.46. The minimum atomic E-state index is -3.36. The van der Waals surface area contributed by atoms with Crippen molar-refractivity contribution in [3.63, 3.8) is 0 Å². The minimum Gasteiger partial charge on any atom is -0.457 e. The lowest BCUT2D eigenvalue weighted by molar-refractivity contribution is -0.153. The van der Waals surface area contributed by atoms with Crippen LogP contribution < -0.4 is 0 Å². The summed E-state index contributed by atoms with van der Waals surface area (Å²) in [5.74, 6) is -4.22. The third-order valence-electron chi connectivity index (χ3n) is 2.01. The summed E-state index contributed by atoms with van der Waals surface area (Å²) in [7, 11) is 0. The Balaban J connectivity index is 4.50. The average molecular weight is 250 g/mol. The van der Waals surface area contributed by atoms with Gasteiger partial charge in [-0.05, 0) is 27.2 Å². The fraction of sp³-hybridized carbons (Fsp3) is 0.750. The van der Waals surface area contributed by atoms with E-state index in [4.69, 9.17) is 9.84 Å². The van der Waals surface area contributed by atoms with Crippen molar-refractivity contribution in [2.24, 2.45) is 0 Å². The molecule has 0 saturated carbocycles. The van der Waals surface area contributed by atoms with Crippen LogP contribution in [0.3, 0.4) is 0 Å². The molecule has 0 radical (unpaired) electrons. The molecule has 1 N–H and O–H groups in total. The van der Waals surface area contributed by atoms with E-state index in [2.05, 4.69) is 6.58 Å². The number of carbonyl (C=O) groups excluding carboxylic acids is 1. The number of halogens is 2. The molecule has 1 unspecified atom stereocenters. The molecule has 0 rings (SSSR count). The monoisotopic (exact) mass is 250 g/mol. The van der Waals surface area contributed by atoms with Crippen LogP contribution in [0.2, 0.25) is 0 Å².